The van der Waals surface area contributed by atoms with Gasteiger partial charge in [0.1, 0.15) is 0 Å². The van der Waals surface area contributed by atoms with Gasteiger partial charge in [-0.2, -0.15) is 0 Å². The van der Waals surface area contributed by atoms with Gasteiger partial charge >= 0.3 is 0 Å². The molecule has 0 spiro atoms. The van der Waals surface area contributed by atoms with Crippen LogP contribution in [-0.2, 0) is 4.79 Å². The van der Waals surface area contributed by atoms with Gasteiger partial charge in [0.2, 0.25) is 0 Å². The minimum absolute atomic E-state index is 0.194. The van der Waals surface area contributed by atoms with E-state index in [0.717, 1.165) is 41.3 Å². The molecule has 1 fully saturated rings. The maximum Gasteiger partial charge on any atom is 0.185 e. The molecule has 2 heterocycles. The summed E-state index contributed by atoms with van der Waals surface area (Å²) in [4.78, 5) is 14.6. The Hall–Kier alpha value is -0.490. The van der Waals surface area contributed by atoms with Crippen LogP contribution in [-0.4, -0.2) is 5.78 Å². The number of carbonyl (C=O) groups is 1. The molecular weight excluding hydrogens is 420 g/mol. The summed E-state index contributed by atoms with van der Waals surface area (Å²) in [6.45, 7) is 0. The summed E-state index contributed by atoms with van der Waals surface area (Å²) in [5.74, 6) is 0.194. The molecular formula is C15H10Br2OS2. The summed E-state index contributed by atoms with van der Waals surface area (Å²) in [6.07, 6.45) is 5.71. The number of halogens is 2. The number of ketones is 1. The second kappa shape index (κ2) is 6.10. The number of rotatable bonds is 2. The minimum atomic E-state index is 0.194. The monoisotopic (exact) mass is 428 g/mol. The molecule has 0 unspecified atom stereocenters. The Balaban J connectivity index is 1.84. The van der Waals surface area contributed by atoms with E-state index in [4.69, 9.17) is 0 Å². The third kappa shape index (κ3) is 3.22. The molecule has 0 aromatic carbocycles. The maximum absolute atomic E-state index is 12.4. The van der Waals surface area contributed by atoms with Crippen LogP contribution in [0.4, 0.5) is 0 Å². The third-order valence-corrected chi connectivity index (χ3v) is 6.21. The maximum atomic E-state index is 12.4. The Bertz CT molecular complexity index is 662. The summed E-state index contributed by atoms with van der Waals surface area (Å²) in [7, 11) is 0. The van der Waals surface area contributed by atoms with Crippen LogP contribution in [0.25, 0.3) is 12.2 Å². The highest BCUT2D eigenvalue weighted by Crippen LogP contribution is 2.33. The lowest BCUT2D eigenvalue weighted by Gasteiger charge is -1.94. The summed E-state index contributed by atoms with van der Waals surface area (Å²) in [5, 5.41) is 0. The molecule has 0 N–H and O–H groups in total. The van der Waals surface area contributed by atoms with Crippen LogP contribution < -0.4 is 0 Å². The van der Waals surface area contributed by atoms with Crippen molar-refractivity contribution in [3.63, 3.8) is 0 Å². The van der Waals surface area contributed by atoms with Gasteiger partial charge < -0.3 is 0 Å². The number of carbonyl (C=O) groups excluding carboxylic acids is 1. The largest absolute Gasteiger partial charge is 0.289 e. The molecule has 20 heavy (non-hydrogen) atoms. The first-order valence-corrected chi connectivity index (χ1v) is 9.30. The van der Waals surface area contributed by atoms with E-state index in [2.05, 4.69) is 31.9 Å². The molecule has 102 valence electrons. The Morgan fingerprint density at radius 2 is 1.30 bits per heavy atom. The smallest absolute Gasteiger partial charge is 0.185 e. The van der Waals surface area contributed by atoms with E-state index >= 15 is 0 Å². The molecule has 1 aliphatic rings. The van der Waals surface area contributed by atoms with Crippen LogP contribution in [0.15, 0.2) is 43.0 Å². The first-order valence-electron chi connectivity index (χ1n) is 6.08. The summed E-state index contributed by atoms with van der Waals surface area (Å²) < 4.78 is 2.18. The van der Waals surface area contributed by atoms with Crippen LogP contribution in [0.5, 0.6) is 0 Å². The summed E-state index contributed by atoms with van der Waals surface area (Å²) in [5.41, 5.74) is 1.84. The molecule has 0 aliphatic heterocycles. The molecule has 0 amide bonds. The molecule has 1 aliphatic carbocycles. The lowest BCUT2D eigenvalue weighted by molar-refractivity contribution is -0.111. The second-order valence-electron chi connectivity index (χ2n) is 4.45. The Morgan fingerprint density at radius 1 is 0.850 bits per heavy atom. The standard InChI is InChI=1S/C15H10Br2OS2/c16-13-5-3-11(19-13)7-9-1-2-10(15(9)18)8-12-4-6-14(17)20-12/h3-8H,1-2H2/b9-7-,10-8-. The fourth-order valence-corrected chi connectivity index (χ4v) is 4.92. The SMILES string of the molecule is O=C1/C(=C\c2ccc(Br)s2)CC/C1=C/c1ccc(Br)s1. The van der Waals surface area contributed by atoms with Crippen molar-refractivity contribution in [3.05, 3.63) is 52.7 Å². The van der Waals surface area contributed by atoms with Gasteiger partial charge in [-0.1, -0.05) is 0 Å². The van der Waals surface area contributed by atoms with Crippen LogP contribution in [0.3, 0.4) is 0 Å². The highest BCUT2D eigenvalue weighted by atomic mass is 79.9. The number of Topliss-reactive ketones (excluding diaryl/α,β-unsaturated/α-hetero) is 1. The Labute approximate surface area is 142 Å². The van der Waals surface area contributed by atoms with Crippen LogP contribution >= 0.6 is 54.5 Å². The highest BCUT2D eigenvalue weighted by molar-refractivity contribution is 9.11. The highest BCUT2D eigenvalue weighted by Gasteiger charge is 2.23. The zero-order valence-corrected chi connectivity index (χ0v) is 15.2. The van der Waals surface area contributed by atoms with Crippen LogP contribution in [0, 0.1) is 0 Å². The van der Waals surface area contributed by atoms with Crippen LogP contribution in [0.1, 0.15) is 22.6 Å². The van der Waals surface area contributed by atoms with Crippen molar-refractivity contribution in [1.82, 2.24) is 0 Å². The quantitative estimate of drug-likeness (QED) is 0.522. The number of hydrogen-bond donors (Lipinski definition) is 0. The van der Waals surface area contributed by atoms with Gasteiger partial charge in [-0.3, -0.25) is 4.79 Å². The lowest BCUT2D eigenvalue weighted by atomic mass is 10.1. The van der Waals surface area contributed by atoms with Crippen molar-refractivity contribution in [1.29, 1.82) is 0 Å². The van der Waals surface area contributed by atoms with Crippen LogP contribution in [0.2, 0.25) is 0 Å². The lowest BCUT2D eigenvalue weighted by Crippen LogP contribution is -1.94. The van der Waals surface area contributed by atoms with Gasteiger partial charge in [0.05, 0.1) is 7.57 Å². The zero-order valence-electron chi connectivity index (χ0n) is 10.4. The molecule has 5 heteroatoms. The van der Waals surface area contributed by atoms with E-state index in [0.29, 0.717) is 0 Å². The van der Waals surface area contributed by atoms with Gasteiger partial charge in [0, 0.05) is 20.9 Å². The summed E-state index contributed by atoms with van der Waals surface area (Å²) in [6, 6.07) is 8.09. The fraction of sp³-hybridized carbons (Fsp3) is 0.133. The van der Waals surface area contributed by atoms with E-state index in [1.165, 1.54) is 0 Å². The van der Waals surface area contributed by atoms with E-state index in [1.807, 2.05) is 36.4 Å². The van der Waals surface area contributed by atoms with E-state index in [9.17, 15) is 4.79 Å². The predicted molar refractivity (Wildman–Crippen MR) is 94.2 cm³/mol. The average Bonchev–Trinajstić information content (AvgIpc) is 3.08. The molecule has 0 bridgehead atoms. The van der Waals surface area contributed by atoms with Crippen molar-refractivity contribution in [2.24, 2.45) is 0 Å². The third-order valence-electron chi connectivity index (χ3n) is 3.07. The first kappa shape index (κ1) is 14.4. The van der Waals surface area contributed by atoms with Gasteiger partial charge in [-0.25, -0.2) is 0 Å². The van der Waals surface area contributed by atoms with E-state index in [1.54, 1.807) is 22.7 Å². The molecule has 2 aromatic rings. The Morgan fingerprint density at radius 3 is 1.65 bits per heavy atom. The van der Waals surface area contributed by atoms with Gasteiger partial charge in [-0.05, 0) is 81.1 Å². The second-order valence-corrected chi connectivity index (χ2v) is 9.44. The number of thiophene rings is 2. The average molecular weight is 430 g/mol. The predicted octanol–water partition coefficient (Wildman–Crippen LogP) is 6.16. The van der Waals surface area contributed by atoms with Gasteiger partial charge in [0.15, 0.2) is 5.78 Å². The van der Waals surface area contributed by atoms with Crippen molar-refractivity contribution in [3.8, 4) is 0 Å². The van der Waals surface area contributed by atoms with Crippen molar-refractivity contribution in [2.45, 2.75) is 12.8 Å². The molecule has 0 atom stereocenters. The number of hydrogen-bond acceptors (Lipinski definition) is 3. The molecule has 2 aromatic heterocycles. The molecule has 1 saturated carbocycles. The number of allylic oxidation sites excluding steroid dienone is 2. The van der Waals surface area contributed by atoms with Crippen molar-refractivity contribution in [2.75, 3.05) is 0 Å². The topological polar surface area (TPSA) is 17.1 Å². The molecule has 0 radical (unpaired) electrons. The van der Waals surface area contributed by atoms with Crippen molar-refractivity contribution >= 4 is 72.5 Å². The zero-order chi connectivity index (χ0) is 14.1. The van der Waals surface area contributed by atoms with Crippen molar-refractivity contribution < 1.29 is 4.79 Å². The molecule has 1 nitrogen and oxygen atoms in total. The van der Waals surface area contributed by atoms with Gasteiger partial charge in [-0.15, -0.1) is 22.7 Å². The van der Waals surface area contributed by atoms with E-state index in [-0.39, 0.29) is 5.78 Å². The van der Waals surface area contributed by atoms with Gasteiger partial charge in [0.25, 0.3) is 0 Å². The fourth-order valence-electron chi connectivity index (χ4n) is 2.13. The van der Waals surface area contributed by atoms with E-state index < -0.39 is 0 Å². The normalized spacial score (nSPS) is 19.4. The Kier molecular flexibility index (Phi) is 4.40. The molecule has 0 saturated heterocycles. The summed E-state index contributed by atoms with van der Waals surface area (Å²) >= 11 is 10.2. The molecule has 3 rings (SSSR count). The first-order chi connectivity index (χ1) is 9.61. The minimum Gasteiger partial charge on any atom is -0.289 e.